The quantitative estimate of drug-likeness (QED) is 0.850. The van der Waals surface area contributed by atoms with Gasteiger partial charge in [-0.25, -0.2) is 0 Å². The van der Waals surface area contributed by atoms with E-state index in [0.717, 1.165) is 24.9 Å². The van der Waals surface area contributed by atoms with Crippen LogP contribution in [0.15, 0.2) is 18.2 Å². The highest BCUT2D eigenvalue weighted by Gasteiger charge is 2.25. The predicted octanol–water partition coefficient (Wildman–Crippen LogP) is 2.22. The summed E-state index contributed by atoms with van der Waals surface area (Å²) in [6, 6.07) is 5.59. The molecule has 0 bridgehead atoms. The Balaban J connectivity index is 2.10. The number of carbonyl (C=O) groups is 1. The number of ether oxygens (including phenoxy) is 1. The molecule has 104 valence electrons. The van der Waals surface area contributed by atoms with E-state index in [-0.39, 0.29) is 12.0 Å². The molecular weight excluding hydrogens is 240 g/mol. The zero-order valence-corrected chi connectivity index (χ0v) is 11.7. The molecular formula is C15H22N2O2. The topological polar surface area (TPSA) is 55.6 Å². The molecule has 1 fully saturated rings. The lowest BCUT2D eigenvalue weighted by Crippen LogP contribution is -2.43. The first-order chi connectivity index (χ1) is 9.11. The number of likely N-dealkylation sites (tertiary alicyclic amines) is 1. The van der Waals surface area contributed by atoms with Crippen LogP contribution in [0.3, 0.4) is 0 Å². The van der Waals surface area contributed by atoms with E-state index in [1.54, 1.807) is 0 Å². The van der Waals surface area contributed by atoms with Crippen molar-refractivity contribution < 1.29 is 9.53 Å². The third-order valence-electron chi connectivity index (χ3n) is 3.51. The van der Waals surface area contributed by atoms with Crippen molar-refractivity contribution in [3.63, 3.8) is 0 Å². The minimum Gasteiger partial charge on any atom is -0.398 e. The van der Waals surface area contributed by atoms with Crippen molar-refractivity contribution in [1.82, 2.24) is 4.90 Å². The molecule has 1 aromatic carbocycles. The van der Waals surface area contributed by atoms with E-state index in [1.165, 1.54) is 0 Å². The van der Waals surface area contributed by atoms with Crippen molar-refractivity contribution in [2.45, 2.75) is 32.8 Å². The van der Waals surface area contributed by atoms with Gasteiger partial charge in [-0.1, -0.05) is 6.07 Å². The second-order valence-electron chi connectivity index (χ2n) is 5.06. The lowest BCUT2D eigenvalue weighted by molar-refractivity contribution is 0.00728. The fourth-order valence-electron chi connectivity index (χ4n) is 2.54. The van der Waals surface area contributed by atoms with Crippen LogP contribution in [0.4, 0.5) is 5.69 Å². The molecule has 0 radical (unpaired) electrons. The number of hydrogen-bond acceptors (Lipinski definition) is 3. The minimum absolute atomic E-state index is 0.0157. The fourth-order valence-corrected chi connectivity index (χ4v) is 2.54. The Morgan fingerprint density at radius 3 is 3.00 bits per heavy atom. The highest BCUT2D eigenvalue weighted by molar-refractivity contribution is 5.99. The standard InChI is InChI=1S/C15H22N2O2/c1-3-19-12-5-4-8-17(10-12)15(18)13-7-6-11(2)9-14(13)16/h6-7,9,12H,3-5,8,10,16H2,1-2H3. The number of nitrogens with zero attached hydrogens (tertiary/aromatic N) is 1. The molecule has 1 aliphatic heterocycles. The molecule has 1 aromatic rings. The molecule has 0 aliphatic carbocycles. The number of anilines is 1. The maximum absolute atomic E-state index is 12.5. The molecule has 2 rings (SSSR count). The van der Waals surface area contributed by atoms with E-state index in [1.807, 2.05) is 36.9 Å². The number of aryl methyl sites for hydroxylation is 1. The Morgan fingerprint density at radius 1 is 1.53 bits per heavy atom. The highest BCUT2D eigenvalue weighted by atomic mass is 16.5. The third kappa shape index (κ3) is 3.26. The Labute approximate surface area is 114 Å². The summed E-state index contributed by atoms with van der Waals surface area (Å²) < 4.78 is 5.62. The Hall–Kier alpha value is -1.55. The van der Waals surface area contributed by atoms with Gasteiger partial charge in [0.15, 0.2) is 0 Å². The van der Waals surface area contributed by atoms with Crippen LogP contribution in [0.2, 0.25) is 0 Å². The Kier molecular flexibility index (Phi) is 4.43. The zero-order valence-electron chi connectivity index (χ0n) is 11.7. The van der Waals surface area contributed by atoms with E-state index >= 15 is 0 Å². The van der Waals surface area contributed by atoms with Crippen LogP contribution in [0.5, 0.6) is 0 Å². The second kappa shape index (κ2) is 6.06. The van der Waals surface area contributed by atoms with Crippen LogP contribution in [0, 0.1) is 6.92 Å². The summed E-state index contributed by atoms with van der Waals surface area (Å²) in [4.78, 5) is 14.3. The molecule has 1 aliphatic rings. The van der Waals surface area contributed by atoms with Gasteiger partial charge in [0.2, 0.25) is 0 Å². The number of nitrogen functional groups attached to an aromatic ring is 1. The first-order valence-corrected chi connectivity index (χ1v) is 6.88. The number of carbonyl (C=O) groups excluding carboxylic acids is 1. The van der Waals surface area contributed by atoms with E-state index in [2.05, 4.69) is 0 Å². The van der Waals surface area contributed by atoms with Crippen molar-refractivity contribution in [1.29, 1.82) is 0 Å². The average Bonchev–Trinajstić information content (AvgIpc) is 2.39. The van der Waals surface area contributed by atoms with Gasteiger partial charge in [-0.05, 0) is 44.4 Å². The van der Waals surface area contributed by atoms with Gasteiger partial charge in [0.1, 0.15) is 0 Å². The van der Waals surface area contributed by atoms with Gasteiger partial charge in [-0.3, -0.25) is 4.79 Å². The van der Waals surface area contributed by atoms with E-state index in [9.17, 15) is 4.79 Å². The van der Waals surface area contributed by atoms with Gasteiger partial charge in [0.25, 0.3) is 5.91 Å². The van der Waals surface area contributed by atoms with Crippen LogP contribution in [0.25, 0.3) is 0 Å². The molecule has 4 heteroatoms. The summed E-state index contributed by atoms with van der Waals surface area (Å²) in [5.41, 5.74) is 8.17. The van der Waals surface area contributed by atoms with Crippen molar-refractivity contribution in [3.05, 3.63) is 29.3 Å². The highest BCUT2D eigenvalue weighted by Crippen LogP contribution is 2.20. The van der Waals surface area contributed by atoms with E-state index in [0.29, 0.717) is 24.4 Å². The van der Waals surface area contributed by atoms with Crippen LogP contribution in [-0.4, -0.2) is 36.6 Å². The second-order valence-corrected chi connectivity index (χ2v) is 5.06. The van der Waals surface area contributed by atoms with Crippen LogP contribution < -0.4 is 5.73 Å². The monoisotopic (exact) mass is 262 g/mol. The summed E-state index contributed by atoms with van der Waals surface area (Å²) in [5.74, 6) is 0.0157. The minimum atomic E-state index is 0.0157. The lowest BCUT2D eigenvalue weighted by Gasteiger charge is -2.32. The summed E-state index contributed by atoms with van der Waals surface area (Å²) in [6.07, 6.45) is 2.18. The normalized spacial score (nSPS) is 19.5. The number of benzene rings is 1. The maximum Gasteiger partial charge on any atom is 0.256 e. The van der Waals surface area contributed by atoms with Gasteiger partial charge < -0.3 is 15.4 Å². The molecule has 1 unspecified atom stereocenters. The molecule has 1 atom stereocenters. The summed E-state index contributed by atoms with van der Waals surface area (Å²) >= 11 is 0. The van der Waals surface area contributed by atoms with Gasteiger partial charge in [-0.2, -0.15) is 0 Å². The van der Waals surface area contributed by atoms with Crippen molar-refractivity contribution >= 4 is 11.6 Å². The van der Waals surface area contributed by atoms with Crippen molar-refractivity contribution in [2.75, 3.05) is 25.4 Å². The van der Waals surface area contributed by atoms with E-state index in [4.69, 9.17) is 10.5 Å². The van der Waals surface area contributed by atoms with Crippen LogP contribution in [-0.2, 0) is 4.74 Å². The third-order valence-corrected chi connectivity index (χ3v) is 3.51. The fraction of sp³-hybridized carbons (Fsp3) is 0.533. The number of rotatable bonds is 3. The number of nitrogens with two attached hydrogens (primary N) is 1. The zero-order chi connectivity index (χ0) is 13.8. The SMILES string of the molecule is CCOC1CCCN(C(=O)c2ccc(C)cc2N)C1. The lowest BCUT2D eigenvalue weighted by atomic mass is 10.0. The maximum atomic E-state index is 12.5. The first-order valence-electron chi connectivity index (χ1n) is 6.88. The molecule has 4 nitrogen and oxygen atoms in total. The smallest absolute Gasteiger partial charge is 0.256 e. The van der Waals surface area contributed by atoms with Crippen LogP contribution in [0.1, 0.15) is 35.7 Å². The molecule has 1 heterocycles. The summed E-state index contributed by atoms with van der Waals surface area (Å²) in [7, 11) is 0. The molecule has 0 saturated carbocycles. The van der Waals surface area contributed by atoms with E-state index < -0.39 is 0 Å². The average molecular weight is 262 g/mol. The Morgan fingerprint density at radius 2 is 2.32 bits per heavy atom. The van der Waals surface area contributed by atoms with Crippen molar-refractivity contribution in [2.24, 2.45) is 0 Å². The first kappa shape index (κ1) is 13.9. The number of amides is 1. The largest absolute Gasteiger partial charge is 0.398 e. The van der Waals surface area contributed by atoms with Gasteiger partial charge >= 0.3 is 0 Å². The summed E-state index contributed by atoms with van der Waals surface area (Å²) in [6.45, 7) is 6.10. The van der Waals surface area contributed by atoms with Gasteiger partial charge in [0.05, 0.1) is 11.7 Å². The molecule has 19 heavy (non-hydrogen) atoms. The summed E-state index contributed by atoms with van der Waals surface area (Å²) in [5, 5.41) is 0. The molecule has 1 saturated heterocycles. The van der Waals surface area contributed by atoms with Gasteiger partial charge in [0, 0.05) is 25.4 Å². The number of hydrogen-bond donors (Lipinski definition) is 1. The van der Waals surface area contributed by atoms with Crippen LogP contribution >= 0.6 is 0 Å². The molecule has 0 aromatic heterocycles. The van der Waals surface area contributed by atoms with Gasteiger partial charge in [-0.15, -0.1) is 0 Å². The number of piperidine rings is 1. The Bertz CT molecular complexity index is 457. The predicted molar refractivity (Wildman–Crippen MR) is 76.1 cm³/mol. The molecule has 1 amide bonds. The molecule has 0 spiro atoms. The van der Waals surface area contributed by atoms with Crippen molar-refractivity contribution in [3.8, 4) is 0 Å². The molecule has 2 N–H and O–H groups in total.